The van der Waals surface area contributed by atoms with Gasteiger partial charge in [0.15, 0.2) is 5.96 Å². The minimum Gasteiger partial charge on any atom is -0.443 e. The van der Waals surface area contributed by atoms with Crippen molar-refractivity contribution in [3.8, 4) is 10.8 Å². The molecule has 3 aromatic heterocycles. The molecule has 0 unspecified atom stereocenters. The van der Waals surface area contributed by atoms with Crippen molar-refractivity contribution in [2.75, 3.05) is 24.5 Å². The van der Waals surface area contributed by atoms with E-state index in [-0.39, 0.29) is 0 Å². The fourth-order valence-corrected chi connectivity index (χ4v) is 4.70. The van der Waals surface area contributed by atoms with Crippen LogP contribution in [-0.2, 0) is 6.54 Å². The zero-order chi connectivity index (χ0) is 19.2. The summed E-state index contributed by atoms with van der Waals surface area (Å²) in [5, 5.41) is 12.5. The molecule has 4 heterocycles. The molecule has 2 N–H and O–H groups in total. The van der Waals surface area contributed by atoms with Gasteiger partial charge in [0.05, 0.1) is 16.4 Å². The summed E-state index contributed by atoms with van der Waals surface area (Å²) in [6.07, 6.45) is 3.91. The highest BCUT2D eigenvalue weighted by atomic mass is 32.1. The maximum absolute atomic E-state index is 5.58. The Kier molecular flexibility index (Phi) is 6.28. The van der Waals surface area contributed by atoms with E-state index in [0.29, 0.717) is 18.5 Å². The average Bonchev–Trinajstić information content (AvgIpc) is 3.49. The van der Waals surface area contributed by atoms with Crippen molar-refractivity contribution in [2.45, 2.75) is 32.4 Å². The van der Waals surface area contributed by atoms with E-state index in [1.54, 1.807) is 17.6 Å². The number of oxazole rings is 1. The maximum Gasteiger partial charge on any atom is 0.236 e. The topological polar surface area (TPSA) is 65.7 Å². The first-order valence-corrected chi connectivity index (χ1v) is 11.4. The summed E-state index contributed by atoms with van der Waals surface area (Å²) in [5.41, 5.74) is 0.841. The van der Waals surface area contributed by atoms with Crippen molar-refractivity contribution in [3.63, 3.8) is 0 Å². The minimum atomic E-state index is 0.438. The van der Waals surface area contributed by atoms with Gasteiger partial charge >= 0.3 is 0 Å². The number of hydrogen-bond donors (Lipinski definition) is 2. The molecule has 0 aliphatic carbocycles. The van der Waals surface area contributed by atoms with E-state index in [1.807, 2.05) is 28.8 Å². The molecule has 0 spiro atoms. The van der Waals surface area contributed by atoms with Crippen molar-refractivity contribution in [2.24, 2.45) is 4.99 Å². The van der Waals surface area contributed by atoms with Crippen LogP contribution in [0, 0.1) is 0 Å². The minimum absolute atomic E-state index is 0.438. The van der Waals surface area contributed by atoms with Crippen LogP contribution in [0.4, 0.5) is 5.00 Å². The predicted octanol–water partition coefficient (Wildman–Crippen LogP) is 4.19. The standard InChI is InChI=1S/C20H25N5OS2/c1-2-21-20(22-13-16-14-26-19(23-16)17-5-3-11-27-17)24-15-7-9-25(10-8-15)18-6-4-12-28-18/h3-6,11-12,14-15H,2,7-10,13H2,1H3,(H2,21,22,24). The van der Waals surface area contributed by atoms with Gasteiger partial charge in [-0.25, -0.2) is 9.98 Å². The lowest BCUT2D eigenvalue weighted by Crippen LogP contribution is -2.48. The molecule has 4 rings (SSSR count). The predicted molar refractivity (Wildman–Crippen MR) is 117 cm³/mol. The quantitative estimate of drug-likeness (QED) is 0.467. The van der Waals surface area contributed by atoms with E-state index < -0.39 is 0 Å². The Bertz CT molecular complexity index is 864. The molecule has 0 radical (unpaired) electrons. The summed E-state index contributed by atoms with van der Waals surface area (Å²) in [4.78, 5) is 12.8. The number of nitrogens with one attached hydrogen (secondary N) is 2. The lowest BCUT2D eigenvalue weighted by Gasteiger charge is -2.33. The van der Waals surface area contributed by atoms with Crippen molar-refractivity contribution in [3.05, 3.63) is 47.0 Å². The molecule has 28 heavy (non-hydrogen) atoms. The van der Waals surface area contributed by atoms with Gasteiger partial charge in [0.2, 0.25) is 5.89 Å². The molecule has 1 fully saturated rings. The molecule has 0 saturated carbocycles. The fraction of sp³-hybridized carbons (Fsp3) is 0.400. The van der Waals surface area contributed by atoms with Crippen molar-refractivity contribution < 1.29 is 4.42 Å². The van der Waals surface area contributed by atoms with Gasteiger partial charge in [-0.1, -0.05) is 6.07 Å². The molecule has 1 aliphatic heterocycles. The highest BCUT2D eigenvalue weighted by molar-refractivity contribution is 7.14. The van der Waals surface area contributed by atoms with Crippen LogP contribution < -0.4 is 15.5 Å². The number of thiophene rings is 2. The number of hydrogen-bond acceptors (Lipinski definition) is 6. The Labute approximate surface area is 173 Å². The number of aliphatic imine (C=N–C) groups is 1. The Morgan fingerprint density at radius 3 is 2.79 bits per heavy atom. The molecule has 3 aromatic rings. The van der Waals surface area contributed by atoms with Crippen molar-refractivity contribution in [1.29, 1.82) is 0 Å². The lowest BCUT2D eigenvalue weighted by molar-refractivity contribution is 0.463. The van der Waals surface area contributed by atoms with E-state index in [9.17, 15) is 0 Å². The van der Waals surface area contributed by atoms with E-state index in [2.05, 4.69) is 45.0 Å². The zero-order valence-electron chi connectivity index (χ0n) is 15.9. The number of aromatic nitrogens is 1. The summed E-state index contributed by atoms with van der Waals surface area (Å²) in [5.74, 6) is 1.51. The van der Waals surface area contributed by atoms with Crippen LogP contribution in [0.2, 0.25) is 0 Å². The number of anilines is 1. The van der Waals surface area contributed by atoms with Gasteiger partial charge in [0.1, 0.15) is 12.0 Å². The second-order valence-corrected chi connectivity index (χ2v) is 8.55. The van der Waals surface area contributed by atoms with E-state index in [4.69, 9.17) is 9.41 Å². The summed E-state index contributed by atoms with van der Waals surface area (Å²) in [6.45, 7) is 5.56. The monoisotopic (exact) mass is 415 g/mol. The van der Waals surface area contributed by atoms with Crippen molar-refractivity contribution >= 4 is 33.6 Å². The fourth-order valence-electron chi connectivity index (χ4n) is 3.26. The molecule has 6 nitrogen and oxygen atoms in total. The average molecular weight is 416 g/mol. The Hall–Kier alpha value is -2.32. The third-order valence-electron chi connectivity index (χ3n) is 4.68. The Balaban J connectivity index is 1.32. The first-order chi connectivity index (χ1) is 13.8. The van der Waals surface area contributed by atoms with Gasteiger partial charge in [-0.15, -0.1) is 22.7 Å². The van der Waals surface area contributed by atoms with Crippen LogP contribution in [0.5, 0.6) is 0 Å². The molecule has 1 aliphatic rings. The van der Waals surface area contributed by atoms with Crippen LogP contribution in [0.3, 0.4) is 0 Å². The number of piperidine rings is 1. The lowest BCUT2D eigenvalue weighted by atomic mass is 10.1. The second kappa shape index (κ2) is 9.25. The van der Waals surface area contributed by atoms with E-state index in [0.717, 1.165) is 49.0 Å². The van der Waals surface area contributed by atoms with Crippen LogP contribution in [0.15, 0.2) is 50.7 Å². The summed E-state index contributed by atoms with van der Waals surface area (Å²) in [7, 11) is 0. The summed E-state index contributed by atoms with van der Waals surface area (Å²) in [6, 6.07) is 8.77. The molecule has 8 heteroatoms. The first-order valence-electron chi connectivity index (χ1n) is 9.63. The van der Waals surface area contributed by atoms with Crippen LogP contribution in [-0.4, -0.2) is 36.6 Å². The molecule has 0 aromatic carbocycles. The zero-order valence-corrected chi connectivity index (χ0v) is 17.6. The summed E-state index contributed by atoms with van der Waals surface area (Å²) >= 11 is 3.44. The molecule has 148 valence electrons. The van der Waals surface area contributed by atoms with Gasteiger partial charge in [0, 0.05) is 25.7 Å². The molecule has 0 bridgehead atoms. The molecule has 0 amide bonds. The highest BCUT2D eigenvalue weighted by Gasteiger charge is 2.20. The third-order valence-corrected chi connectivity index (χ3v) is 6.47. The van der Waals surface area contributed by atoms with E-state index >= 15 is 0 Å². The Morgan fingerprint density at radius 1 is 1.25 bits per heavy atom. The van der Waals surface area contributed by atoms with Gasteiger partial charge in [-0.2, -0.15) is 0 Å². The first kappa shape index (κ1) is 19.0. The van der Waals surface area contributed by atoms with Gasteiger partial charge in [-0.05, 0) is 48.7 Å². The molecule has 0 atom stereocenters. The van der Waals surface area contributed by atoms with Crippen LogP contribution >= 0.6 is 22.7 Å². The van der Waals surface area contributed by atoms with Gasteiger partial charge < -0.3 is 20.0 Å². The smallest absolute Gasteiger partial charge is 0.236 e. The van der Waals surface area contributed by atoms with Gasteiger partial charge in [0.25, 0.3) is 0 Å². The molecular weight excluding hydrogens is 390 g/mol. The van der Waals surface area contributed by atoms with Crippen LogP contribution in [0.25, 0.3) is 10.8 Å². The second-order valence-electron chi connectivity index (χ2n) is 6.67. The van der Waals surface area contributed by atoms with Gasteiger partial charge in [-0.3, -0.25) is 0 Å². The third kappa shape index (κ3) is 4.74. The number of nitrogens with zero attached hydrogens (tertiary/aromatic N) is 3. The maximum atomic E-state index is 5.58. The normalized spacial score (nSPS) is 15.8. The Morgan fingerprint density at radius 2 is 2.07 bits per heavy atom. The summed E-state index contributed by atoms with van der Waals surface area (Å²) < 4.78 is 5.58. The van der Waals surface area contributed by atoms with Crippen LogP contribution in [0.1, 0.15) is 25.5 Å². The molecule has 1 saturated heterocycles. The number of guanidine groups is 1. The largest absolute Gasteiger partial charge is 0.443 e. The molecular formula is C20H25N5OS2. The SMILES string of the molecule is CCNC(=NCc1coc(-c2cccs2)n1)NC1CCN(c2cccs2)CC1. The van der Waals surface area contributed by atoms with E-state index in [1.165, 1.54) is 5.00 Å². The highest BCUT2D eigenvalue weighted by Crippen LogP contribution is 2.25. The number of rotatable bonds is 6. The van der Waals surface area contributed by atoms with Crippen molar-refractivity contribution in [1.82, 2.24) is 15.6 Å².